The highest BCUT2D eigenvalue weighted by atomic mass is 32.2. The molecule has 3 aliphatic rings. The molecule has 1 aliphatic carbocycles. The molecule has 27 heavy (non-hydrogen) atoms. The van der Waals surface area contributed by atoms with Crippen molar-refractivity contribution in [1.82, 2.24) is 5.32 Å². The van der Waals surface area contributed by atoms with E-state index in [9.17, 15) is 9.59 Å². The summed E-state index contributed by atoms with van der Waals surface area (Å²) in [7, 11) is 0. The first kappa shape index (κ1) is 18.2. The zero-order valence-electron chi connectivity index (χ0n) is 15.4. The second-order valence-corrected chi connectivity index (χ2v) is 8.26. The molecule has 2 aliphatic heterocycles. The quantitative estimate of drug-likeness (QED) is 0.833. The predicted molar refractivity (Wildman–Crippen MR) is 106 cm³/mol. The molecular formula is C20H23N3O3S. The van der Waals surface area contributed by atoms with Crippen molar-refractivity contribution in [3.05, 3.63) is 34.1 Å². The highest BCUT2D eigenvalue weighted by Gasteiger charge is 2.39. The summed E-state index contributed by atoms with van der Waals surface area (Å²) in [6.45, 7) is 2.23. The topological polar surface area (TPSA) is 84.0 Å². The van der Waals surface area contributed by atoms with Gasteiger partial charge in [-0.2, -0.15) is 4.99 Å². The van der Waals surface area contributed by atoms with Crippen LogP contribution in [0.4, 0.5) is 0 Å². The molecule has 0 saturated heterocycles. The fourth-order valence-corrected chi connectivity index (χ4v) is 5.07. The largest absolute Gasteiger partial charge is 0.465 e. The van der Waals surface area contributed by atoms with Gasteiger partial charge >= 0.3 is 0 Å². The van der Waals surface area contributed by atoms with Crippen molar-refractivity contribution >= 4 is 34.5 Å². The van der Waals surface area contributed by atoms with E-state index >= 15 is 0 Å². The highest BCUT2D eigenvalue weighted by molar-refractivity contribution is 8.17. The lowest BCUT2D eigenvalue weighted by molar-refractivity contribution is -0.121. The SMILES string of the molecule is Cc1ccc(CNC(=O)CCC2=NC(=O)C3C(=N2)SC2=C3CCCCC2)o1. The van der Waals surface area contributed by atoms with Crippen LogP contribution in [0.2, 0.25) is 0 Å². The minimum Gasteiger partial charge on any atom is -0.465 e. The monoisotopic (exact) mass is 385 g/mol. The van der Waals surface area contributed by atoms with E-state index in [-0.39, 0.29) is 24.2 Å². The summed E-state index contributed by atoms with van der Waals surface area (Å²) in [6, 6.07) is 3.71. The predicted octanol–water partition coefficient (Wildman–Crippen LogP) is 3.90. The molecule has 142 valence electrons. The number of hydrogen-bond acceptors (Lipinski definition) is 5. The molecule has 0 aromatic carbocycles. The van der Waals surface area contributed by atoms with Gasteiger partial charge in [0.25, 0.3) is 5.91 Å². The molecule has 3 heterocycles. The van der Waals surface area contributed by atoms with Gasteiger partial charge in [0, 0.05) is 12.8 Å². The maximum absolute atomic E-state index is 12.6. The summed E-state index contributed by atoms with van der Waals surface area (Å²) in [5, 5.41) is 3.69. The lowest BCUT2D eigenvalue weighted by Crippen LogP contribution is -2.27. The van der Waals surface area contributed by atoms with Crippen molar-refractivity contribution in [3.8, 4) is 0 Å². The van der Waals surface area contributed by atoms with Crippen LogP contribution in [0.25, 0.3) is 0 Å². The Bertz CT molecular complexity index is 866. The summed E-state index contributed by atoms with van der Waals surface area (Å²) >= 11 is 1.66. The first-order valence-electron chi connectivity index (χ1n) is 9.52. The maximum atomic E-state index is 12.6. The Labute approximate surface area is 162 Å². The smallest absolute Gasteiger partial charge is 0.261 e. The van der Waals surface area contributed by atoms with E-state index < -0.39 is 0 Å². The van der Waals surface area contributed by atoms with Crippen molar-refractivity contribution in [3.63, 3.8) is 0 Å². The zero-order valence-corrected chi connectivity index (χ0v) is 16.2. The third kappa shape index (κ3) is 4.08. The molecule has 0 fully saturated rings. The number of nitrogens with zero attached hydrogens (tertiary/aromatic N) is 2. The lowest BCUT2D eigenvalue weighted by Gasteiger charge is -2.16. The van der Waals surface area contributed by atoms with Crippen LogP contribution >= 0.6 is 11.8 Å². The van der Waals surface area contributed by atoms with Crippen LogP contribution in [-0.2, 0) is 16.1 Å². The van der Waals surface area contributed by atoms with Gasteiger partial charge in [-0.3, -0.25) is 9.59 Å². The average Bonchev–Trinajstić information content (AvgIpc) is 3.14. The summed E-state index contributed by atoms with van der Waals surface area (Å²) in [5.74, 6) is 1.56. The van der Waals surface area contributed by atoms with Gasteiger partial charge in [0.05, 0.1) is 11.6 Å². The van der Waals surface area contributed by atoms with Gasteiger partial charge < -0.3 is 9.73 Å². The normalized spacial score (nSPS) is 22.0. The second-order valence-electron chi connectivity index (χ2n) is 7.15. The maximum Gasteiger partial charge on any atom is 0.261 e. The van der Waals surface area contributed by atoms with Crippen molar-refractivity contribution in [1.29, 1.82) is 0 Å². The van der Waals surface area contributed by atoms with E-state index in [1.165, 1.54) is 23.3 Å². The Hall–Kier alpha value is -2.15. The van der Waals surface area contributed by atoms with Gasteiger partial charge in [-0.25, -0.2) is 4.99 Å². The van der Waals surface area contributed by atoms with E-state index in [1.54, 1.807) is 11.8 Å². The van der Waals surface area contributed by atoms with E-state index in [4.69, 9.17) is 4.42 Å². The van der Waals surface area contributed by atoms with Crippen LogP contribution in [0.1, 0.15) is 56.5 Å². The van der Waals surface area contributed by atoms with Crippen LogP contribution in [0.15, 0.2) is 37.0 Å². The molecule has 6 nitrogen and oxygen atoms in total. The van der Waals surface area contributed by atoms with Gasteiger partial charge in [-0.05, 0) is 55.2 Å². The number of allylic oxidation sites excluding steroid dienone is 1. The third-order valence-electron chi connectivity index (χ3n) is 5.09. The average molecular weight is 385 g/mol. The van der Waals surface area contributed by atoms with Gasteiger partial charge in [-0.1, -0.05) is 18.2 Å². The van der Waals surface area contributed by atoms with E-state index in [1.807, 2.05) is 19.1 Å². The molecule has 0 saturated carbocycles. The Morgan fingerprint density at radius 2 is 2.11 bits per heavy atom. The molecule has 4 rings (SSSR count). The lowest BCUT2D eigenvalue weighted by atomic mass is 9.94. The summed E-state index contributed by atoms with van der Waals surface area (Å²) < 4.78 is 5.43. The number of aryl methyl sites for hydroxylation is 1. The first-order chi connectivity index (χ1) is 13.1. The molecule has 1 aromatic heterocycles. The van der Waals surface area contributed by atoms with Crippen molar-refractivity contribution in [2.75, 3.05) is 0 Å². The number of furan rings is 1. The van der Waals surface area contributed by atoms with E-state index in [0.29, 0.717) is 18.8 Å². The van der Waals surface area contributed by atoms with Gasteiger partial charge in [0.15, 0.2) is 0 Å². The number of thioether (sulfide) groups is 1. The second kappa shape index (κ2) is 7.84. The minimum atomic E-state index is -0.247. The number of amidine groups is 1. The fraction of sp³-hybridized carbons (Fsp3) is 0.500. The Morgan fingerprint density at radius 1 is 1.26 bits per heavy atom. The van der Waals surface area contributed by atoms with Gasteiger partial charge in [0.1, 0.15) is 23.3 Å². The van der Waals surface area contributed by atoms with Crippen LogP contribution in [0.3, 0.4) is 0 Å². The molecule has 0 bridgehead atoms. The third-order valence-corrected chi connectivity index (χ3v) is 6.34. The molecule has 1 unspecified atom stereocenters. The van der Waals surface area contributed by atoms with E-state index in [2.05, 4.69) is 15.3 Å². The minimum absolute atomic E-state index is 0.102. The number of fused-ring (bicyclic) bond motifs is 2. The molecule has 0 spiro atoms. The number of amides is 2. The number of carbonyl (C=O) groups excluding carboxylic acids is 2. The van der Waals surface area contributed by atoms with Crippen LogP contribution < -0.4 is 5.32 Å². The van der Waals surface area contributed by atoms with Crippen molar-refractivity contribution < 1.29 is 14.0 Å². The van der Waals surface area contributed by atoms with Crippen LogP contribution in [0.5, 0.6) is 0 Å². The van der Waals surface area contributed by atoms with E-state index in [0.717, 1.165) is 35.8 Å². The Balaban J connectivity index is 1.33. The summed E-state index contributed by atoms with van der Waals surface area (Å²) in [6.07, 6.45) is 6.21. The van der Waals surface area contributed by atoms with Gasteiger partial charge in [-0.15, -0.1) is 0 Å². The number of carbonyl (C=O) groups is 2. The Kier molecular flexibility index (Phi) is 5.29. The number of aliphatic imine (C=N–C) groups is 2. The number of hydrogen-bond donors (Lipinski definition) is 1. The Morgan fingerprint density at radius 3 is 2.93 bits per heavy atom. The van der Waals surface area contributed by atoms with Crippen LogP contribution in [-0.4, -0.2) is 22.7 Å². The van der Waals surface area contributed by atoms with Crippen molar-refractivity contribution in [2.45, 2.75) is 58.4 Å². The molecule has 0 radical (unpaired) electrons. The number of rotatable bonds is 5. The molecule has 7 heteroatoms. The molecule has 1 atom stereocenters. The highest BCUT2D eigenvalue weighted by Crippen LogP contribution is 2.46. The molecular weight excluding hydrogens is 362 g/mol. The van der Waals surface area contributed by atoms with Gasteiger partial charge in [0.2, 0.25) is 5.91 Å². The van der Waals surface area contributed by atoms with Crippen LogP contribution in [0, 0.1) is 12.8 Å². The standard InChI is InChI=1S/C20H23N3O3S/c1-12-7-8-13(26-12)11-21-17(24)10-9-16-22-19(25)18-14-5-3-2-4-6-15(14)27-20(18)23-16/h7-8,18H,2-6,9-11H2,1H3,(H,21,24). The number of nitrogens with one attached hydrogen (secondary N) is 1. The van der Waals surface area contributed by atoms with Crippen molar-refractivity contribution in [2.24, 2.45) is 15.9 Å². The summed E-state index contributed by atoms with van der Waals surface area (Å²) in [4.78, 5) is 34.8. The zero-order chi connectivity index (χ0) is 18.8. The summed E-state index contributed by atoms with van der Waals surface area (Å²) in [5.41, 5.74) is 1.25. The molecule has 1 aromatic rings. The first-order valence-corrected chi connectivity index (χ1v) is 10.3. The fourth-order valence-electron chi connectivity index (χ4n) is 3.71. The molecule has 1 N–H and O–H groups in total. The molecule has 2 amide bonds.